The average molecular weight is 316 g/mol. The topological polar surface area (TPSA) is 42.7 Å². The summed E-state index contributed by atoms with van der Waals surface area (Å²) >= 11 is 9.50. The number of rotatable bonds is 3. The van der Waals surface area contributed by atoms with E-state index in [0.29, 0.717) is 5.02 Å². The number of nitrogens with zero attached hydrogens (tertiary/aromatic N) is 3. The van der Waals surface area contributed by atoms with Crippen LogP contribution in [0.1, 0.15) is 17.3 Å². The lowest BCUT2D eigenvalue weighted by molar-refractivity contribution is 0.598. The maximum absolute atomic E-state index is 6.06. The first-order chi connectivity index (χ1) is 8.11. The molecule has 0 bridgehead atoms. The van der Waals surface area contributed by atoms with Crippen molar-refractivity contribution in [3.8, 4) is 0 Å². The molecule has 4 nitrogen and oxygen atoms in total. The largest absolute Gasteiger partial charge is 0.308 e. The van der Waals surface area contributed by atoms with Gasteiger partial charge in [-0.2, -0.15) is 0 Å². The van der Waals surface area contributed by atoms with Crippen LogP contribution in [-0.2, 0) is 7.05 Å². The van der Waals surface area contributed by atoms with Crippen LogP contribution in [0.3, 0.4) is 0 Å². The van der Waals surface area contributed by atoms with Crippen molar-refractivity contribution in [3.63, 3.8) is 0 Å². The molecule has 17 heavy (non-hydrogen) atoms. The van der Waals surface area contributed by atoms with Crippen LogP contribution in [0.25, 0.3) is 0 Å². The fourth-order valence-electron chi connectivity index (χ4n) is 1.79. The van der Waals surface area contributed by atoms with Crippen LogP contribution in [0.15, 0.2) is 28.9 Å². The van der Waals surface area contributed by atoms with Crippen LogP contribution in [0, 0.1) is 0 Å². The fraction of sp³-hybridized carbons (Fsp3) is 0.273. The zero-order valence-corrected chi connectivity index (χ0v) is 11.8. The summed E-state index contributed by atoms with van der Waals surface area (Å²) in [4.78, 5) is 0. The van der Waals surface area contributed by atoms with E-state index in [1.807, 2.05) is 32.3 Å². The molecule has 2 aromatic rings. The second kappa shape index (κ2) is 5.16. The molecule has 0 amide bonds. The minimum atomic E-state index is 0.0185. The van der Waals surface area contributed by atoms with Crippen molar-refractivity contribution >= 4 is 27.5 Å². The van der Waals surface area contributed by atoms with Crippen molar-refractivity contribution in [2.75, 3.05) is 7.05 Å². The third kappa shape index (κ3) is 2.68. The molecule has 0 fully saturated rings. The standard InChI is InChI=1S/C11H12BrClN4/c1-14-11(10-6-15-16-17(10)2)7-3-8(12)5-9(13)4-7/h3-6,11,14H,1-2H3. The molecule has 0 aliphatic rings. The molecule has 90 valence electrons. The Labute approximate surface area is 113 Å². The van der Waals surface area contributed by atoms with Gasteiger partial charge in [0.1, 0.15) is 0 Å². The third-order valence-corrected chi connectivity index (χ3v) is 3.23. The van der Waals surface area contributed by atoms with Crippen molar-refractivity contribution in [3.05, 3.63) is 45.1 Å². The Hall–Kier alpha value is -0.910. The molecule has 6 heteroatoms. The maximum atomic E-state index is 6.06. The van der Waals surface area contributed by atoms with Crippen molar-refractivity contribution in [1.29, 1.82) is 0 Å². The molecule has 2 rings (SSSR count). The molecule has 1 aromatic carbocycles. The number of benzene rings is 1. The molecular weight excluding hydrogens is 304 g/mol. The van der Waals surface area contributed by atoms with Crippen LogP contribution < -0.4 is 5.32 Å². The molecular formula is C11H12BrClN4. The lowest BCUT2D eigenvalue weighted by Gasteiger charge is -2.16. The summed E-state index contributed by atoms with van der Waals surface area (Å²) in [5, 5.41) is 11.8. The molecule has 1 atom stereocenters. The number of aromatic nitrogens is 3. The molecule has 1 unspecified atom stereocenters. The molecule has 1 N–H and O–H groups in total. The van der Waals surface area contributed by atoms with Crippen molar-refractivity contribution in [1.82, 2.24) is 20.3 Å². The molecule has 0 saturated heterocycles. The van der Waals surface area contributed by atoms with Gasteiger partial charge >= 0.3 is 0 Å². The average Bonchev–Trinajstić information content (AvgIpc) is 2.65. The zero-order chi connectivity index (χ0) is 12.4. The minimum absolute atomic E-state index is 0.0185. The lowest BCUT2D eigenvalue weighted by Crippen LogP contribution is -2.20. The van der Waals surface area contributed by atoms with Gasteiger partial charge in [-0.1, -0.05) is 32.7 Å². The van der Waals surface area contributed by atoms with Gasteiger partial charge < -0.3 is 5.32 Å². The van der Waals surface area contributed by atoms with E-state index in [1.165, 1.54) is 0 Å². The van der Waals surface area contributed by atoms with Crippen LogP contribution in [0.4, 0.5) is 0 Å². The molecule has 0 radical (unpaired) electrons. The minimum Gasteiger partial charge on any atom is -0.308 e. The quantitative estimate of drug-likeness (QED) is 0.946. The summed E-state index contributed by atoms with van der Waals surface area (Å²) in [6.45, 7) is 0. The van der Waals surface area contributed by atoms with Gasteiger partial charge in [0.2, 0.25) is 0 Å². The number of nitrogens with one attached hydrogen (secondary N) is 1. The van der Waals surface area contributed by atoms with Gasteiger partial charge in [-0.25, -0.2) is 0 Å². The number of hydrogen-bond acceptors (Lipinski definition) is 3. The highest BCUT2D eigenvalue weighted by atomic mass is 79.9. The van der Waals surface area contributed by atoms with E-state index in [-0.39, 0.29) is 6.04 Å². The monoisotopic (exact) mass is 314 g/mol. The van der Waals surface area contributed by atoms with E-state index in [2.05, 4.69) is 31.6 Å². The van der Waals surface area contributed by atoms with Gasteiger partial charge in [-0.05, 0) is 30.8 Å². The smallest absolute Gasteiger partial charge is 0.0798 e. The molecule has 0 saturated carbocycles. The molecule has 0 aliphatic heterocycles. The van der Waals surface area contributed by atoms with Gasteiger partial charge in [0.15, 0.2) is 0 Å². The highest BCUT2D eigenvalue weighted by molar-refractivity contribution is 9.10. The fourth-order valence-corrected chi connectivity index (χ4v) is 2.67. The van der Waals surface area contributed by atoms with E-state index in [1.54, 1.807) is 10.9 Å². The number of aryl methyl sites for hydroxylation is 1. The summed E-state index contributed by atoms with van der Waals surface area (Å²) in [6, 6.07) is 5.84. The van der Waals surface area contributed by atoms with Gasteiger partial charge in [0.25, 0.3) is 0 Å². The molecule has 1 aromatic heterocycles. The third-order valence-electron chi connectivity index (χ3n) is 2.55. The van der Waals surface area contributed by atoms with Crippen LogP contribution in [0.5, 0.6) is 0 Å². The first kappa shape index (κ1) is 12.5. The van der Waals surface area contributed by atoms with Crippen LogP contribution in [0.2, 0.25) is 5.02 Å². The van der Waals surface area contributed by atoms with Gasteiger partial charge in [0, 0.05) is 16.5 Å². The first-order valence-electron chi connectivity index (χ1n) is 5.09. The summed E-state index contributed by atoms with van der Waals surface area (Å²) in [7, 11) is 3.76. The Morgan fingerprint density at radius 3 is 2.71 bits per heavy atom. The molecule has 1 heterocycles. The van der Waals surface area contributed by atoms with E-state index in [9.17, 15) is 0 Å². The van der Waals surface area contributed by atoms with E-state index in [0.717, 1.165) is 15.7 Å². The lowest BCUT2D eigenvalue weighted by atomic mass is 10.0. The summed E-state index contributed by atoms with van der Waals surface area (Å²) < 4.78 is 2.70. The molecule has 0 spiro atoms. The Kier molecular flexibility index (Phi) is 3.81. The second-order valence-electron chi connectivity index (χ2n) is 3.71. The van der Waals surface area contributed by atoms with Crippen molar-refractivity contribution in [2.24, 2.45) is 7.05 Å². The normalized spacial score (nSPS) is 12.7. The van der Waals surface area contributed by atoms with E-state index in [4.69, 9.17) is 11.6 Å². The van der Waals surface area contributed by atoms with Crippen LogP contribution in [-0.4, -0.2) is 22.0 Å². The Balaban J connectivity index is 2.45. The second-order valence-corrected chi connectivity index (χ2v) is 5.06. The highest BCUT2D eigenvalue weighted by Gasteiger charge is 2.16. The molecule has 0 aliphatic carbocycles. The number of hydrogen-bond donors (Lipinski definition) is 1. The SMILES string of the molecule is CNC(c1cc(Cl)cc(Br)c1)c1cnnn1C. The van der Waals surface area contributed by atoms with Gasteiger partial charge in [0.05, 0.1) is 17.9 Å². The van der Waals surface area contributed by atoms with Gasteiger partial charge in [-0.15, -0.1) is 5.10 Å². The van der Waals surface area contributed by atoms with Crippen molar-refractivity contribution in [2.45, 2.75) is 6.04 Å². The highest BCUT2D eigenvalue weighted by Crippen LogP contribution is 2.27. The zero-order valence-electron chi connectivity index (χ0n) is 9.48. The Bertz CT molecular complexity index is 506. The Morgan fingerprint density at radius 2 is 2.18 bits per heavy atom. The Morgan fingerprint density at radius 1 is 1.41 bits per heavy atom. The predicted octanol–water partition coefficient (Wildman–Crippen LogP) is 2.54. The van der Waals surface area contributed by atoms with Crippen LogP contribution >= 0.6 is 27.5 Å². The summed E-state index contributed by atoms with van der Waals surface area (Å²) in [6.07, 6.45) is 1.75. The van der Waals surface area contributed by atoms with E-state index >= 15 is 0 Å². The maximum Gasteiger partial charge on any atom is 0.0798 e. The first-order valence-corrected chi connectivity index (χ1v) is 6.26. The van der Waals surface area contributed by atoms with E-state index < -0.39 is 0 Å². The van der Waals surface area contributed by atoms with Gasteiger partial charge in [-0.3, -0.25) is 4.68 Å². The predicted molar refractivity (Wildman–Crippen MR) is 71.1 cm³/mol. The number of halogens is 2. The summed E-state index contributed by atoms with van der Waals surface area (Å²) in [5.41, 5.74) is 2.05. The summed E-state index contributed by atoms with van der Waals surface area (Å²) in [5.74, 6) is 0. The van der Waals surface area contributed by atoms with Crippen molar-refractivity contribution < 1.29 is 0 Å².